The minimum Gasteiger partial charge on any atom is -0.379 e. The van der Waals surface area contributed by atoms with E-state index in [1.807, 2.05) is 42.9 Å². The first-order valence-corrected chi connectivity index (χ1v) is 10.2. The third-order valence-electron chi connectivity index (χ3n) is 6.12. The van der Waals surface area contributed by atoms with Crippen LogP contribution in [0.1, 0.15) is 36.0 Å². The number of rotatable bonds is 6. The second-order valence-corrected chi connectivity index (χ2v) is 8.67. The molecule has 0 spiro atoms. The van der Waals surface area contributed by atoms with E-state index in [4.69, 9.17) is 9.26 Å². The smallest absolute Gasteiger partial charge is 0.230 e. The van der Waals surface area contributed by atoms with Crippen LogP contribution in [0.3, 0.4) is 0 Å². The zero-order chi connectivity index (χ0) is 20.5. The average molecular weight is 402 g/mol. The summed E-state index contributed by atoms with van der Waals surface area (Å²) in [5.41, 5.74) is 1.76. The topological polar surface area (TPSA) is 89.5 Å². The van der Waals surface area contributed by atoms with Crippen molar-refractivity contribution in [3.63, 3.8) is 0 Å². The summed E-state index contributed by atoms with van der Waals surface area (Å²) in [5.74, 6) is 1.65. The zero-order valence-electron chi connectivity index (χ0n) is 17.6. The number of carbonyl (C=O) groups excluding carboxylic acids is 1. The van der Waals surface area contributed by atoms with Crippen LogP contribution >= 0.6 is 0 Å². The largest absolute Gasteiger partial charge is 0.379 e. The number of aryl methyl sites for hydroxylation is 1. The Morgan fingerprint density at radius 2 is 2.07 bits per heavy atom. The summed E-state index contributed by atoms with van der Waals surface area (Å²) in [6, 6.07) is 1.98. The van der Waals surface area contributed by atoms with Crippen molar-refractivity contribution < 1.29 is 14.1 Å². The molecule has 158 valence electrons. The van der Waals surface area contributed by atoms with Gasteiger partial charge < -0.3 is 19.1 Å². The molecule has 1 saturated carbocycles. The molecule has 0 bridgehead atoms. The quantitative estimate of drug-likeness (QED) is 0.719. The van der Waals surface area contributed by atoms with Crippen LogP contribution in [0.15, 0.2) is 16.8 Å². The maximum absolute atomic E-state index is 12.8. The number of aromatic nitrogens is 4. The summed E-state index contributed by atoms with van der Waals surface area (Å²) in [7, 11) is 5.80. The van der Waals surface area contributed by atoms with Crippen LogP contribution < -0.4 is 0 Å². The Morgan fingerprint density at radius 1 is 1.31 bits per heavy atom. The van der Waals surface area contributed by atoms with Crippen LogP contribution in [-0.4, -0.2) is 76.3 Å². The Bertz CT molecular complexity index is 847. The Hall–Kier alpha value is -2.26. The van der Waals surface area contributed by atoms with E-state index in [9.17, 15) is 4.79 Å². The number of carbonyl (C=O) groups is 1. The van der Waals surface area contributed by atoms with E-state index in [2.05, 4.69) is 20.4 Å². The van der Waals surface area contributed by atoms with Crippen LogP contribution in [0, 0.1) is 18.8 Å². The molecule has 3 heterocycles. The van der Waals surface area contributed by atoms with E-state index in [0.717, 1.165) is 43.9 Å². The van der Waals surface area contributed by atoms with E-state index in [1.165, 1.54) is 0 Å². The number of nitrogens with zero attached hydrogens (tertiary/aromatic N) is 6. The maximum atomic E-state index is 12.8. The highest BCUT2D eigenvalue weighted by molar-refractivity contribution is 5.78. The molecule has 2 aromatic rings. The Balaban J connectivity index is 1.42. The molecule has 0 radical (unpaired) electrons. The first-order valence-electron chi connectivity index (χ1n) is 10.2. The third kappa shape index (κ3) is 4.35. The van der Waals surface area contributed by atoms with Gasteiger partial charge in [0.05, 0.1) is 36.2 Å². The van der Waals surface area contributed by atoms with Gasteiger partial charge >= 0.3 is 0 Å². The molecule has 4 rings (SSSR count). The number of likely N-dealkylation sites (tertiary alicyclic amines) is 1. The molecule has 0 aromatic carbocycles. The number of fused-ring (bicyclic) bond motifs is 1. The van der Waals surface area contributed by atoms with E-state index in [0.29, 0.717) is 17.6 Å². The van der Waals surface area contributed by atoms with Crippen molar-refractivity contribution in [2.45, 2.75) is 44.9 Å². The zero-order valence-corrected chi connectivity index (χ0v) is 17.6. The molecule has 2 aromatic heterocycles. The molecule has 2 aliphatic rings. The van der Waals surface area contributed by atoms with Gasteiger partial charge in [0.15, 0.2) is 0 Å². The fourth-order valence-corrected chi connectivity index (χ4v) is 4.76. The Kier molecular flexibility index (Phi) is 5.69. The van der Waals surface area contributed by atoms with Gasteiger partial charge in [-0.3, -0.25) is 4.79 Å². The molecule has 1 amide bonds. The van der Waals surface area contributed by atoms with Crippen molar-refractivity contribution in [1.82, 2.24) is 30.0 Å². The standard InChI is InChI=1S/C20H30N6O3/c1-13-5-17(29-22-13)8-20(27)25-9-14-6-18(19(28-4)7-15(14)10-25)26-12-16(21-23-26)11-24(2)3/h5,12,14-15,18-19H,6-11H2,1-4H3/t14-,15+,18-,19-/m1/s1. The number of hydrogen-bond acceptors (Lipinski definition) is 7. The van der Waals surface area contributed by atoms with Gasteiger partial charge in [-0.1, -0.05) is 10.4 Å². The van der Waals surface area contributed by atoms with Crippen molar-refractivity contribution in [3.8, 4) is 0 Å². The Morgan fingerprint density at radius 3 is 2.72 bits per heavy atom. The molecule has 9 heteroatoms. The van der Waals surface area contributed by atoms with Crippen LogP contribution in [0.5, 0.6) is 0 Å². The number of hydrogen-bond donors (Lipinski definition) is 0. The SMILES string of the molecule is CO[C@@H]1C[C@H]2CN(C(=O)Cc3cc(C)no3)C[C@H]2C[C@H]1n1cc(CN(C)C)nn1. The molecule has 1 saturated heterocycles. The third-order valence-corrected chi connectivity index (χ3v) is 6.12. The summed E-state index contributed by atoms with van der Waals surface area (Å²) in [6.07, 6.45) is 4.26. The molecule has 0 N–H and O–H groups in total. The predicted molar refractivity (Wildman–Crippen MR) is 105 cm³/mol. The second kappa shape index (κ2) is 8.23. The van der Waals surface area contributed by atoms with Crippen LogP contribution in [0.4, 0.5) is 0 Å². The molecular weight excluding hydrogens is 372 g/mol. The summed E-state index contributed by atoms with van der Waals surface area (Å²) in [6.45, 7) is 4.19. The summed E-state index contributed by atoms with van der Waals surface area (Å²) >= 11 is 0. The van der Waals surface area contributed by atoms with E-state index in [-0.39, 0.29) is 24.5 Å². The highest BCUT2D eigenvalue weighted by atomic mass is 16.5. The number of methoxy groups -OCH3 is 1. The Labute approximate surface area is 171 Å². The minimum absolute atomic E-state index is 0.0807. The normalized spacial score (nSPS) is 26.9. The number of amides is 1. The van der Waals surface area contributed by atoms with Crippen molar-refractivity contribution in [2.24, 2.45) is 11.8 Å². The molecule has 2 fully saturated rings. The first-order chi connectivity index (χ1) is 13.9. The van der Waals surface area contributed by atoms with Gasteiger partial charge in [0.25, 0.3) is 0 Å². The molecular formula is C20H30N6O3. The lowest BCUT2D eigenvalue weighted by Gasteiger charge is -2.36. The van der Waals surface area contributed by atoms with Gasteiger partial charge in [-0.25, -0.2) is 4.68 Å². The van der Waals surface area contributed by atoms with Crippen LogP contribution in [0.2, 0.25) is 0 Å². The van der Waals surface area contributed by atoms with Gasteiger partial charge in [-0.15, -0.1) is 5.10 Å². The lowest BCUT2D eigenvalue weighted by molar-refractivity contribution is -0.130. The van der Waals surface area contributed by atoms with Crippen molar-refractivity contribution in [3.05, 3.63) is 29.4 Å². The minimum atomic E-state index is 0.0807. The molecule has 0 unspecified atom stereocenters. The van der Waals surface area contributed by atoms with E-state index in [1.54, 1.807) is 7.11 Å². The molecule has 4 atom stereocenters. The van der Waals surface area contributed by atoms with Gasteiger partial charge in [-0.2, -0.15) is 0 Å². The molecule has 29 heavy (non-hydrogen) atoms. The van der Waals surface area contributed by atoms with Gasteiger partial charge in [0, 0.05) is 32.8 Å². The van der Waals surface area contributed by atoms with E-state index >= 15 is 0 Å². The summed E-state index contributed by atoms with van der Waals surface area (Å²) in [5, 5.41) is 12.6. The lowest BCUT2D eigenvalue weighted by atomic mass is 9.77. The molecule has 1 aliphatic carbocycles. The fourth-order valence-electron chi connectivity index (χ4n) is 4.76. The van der Waals surface area contributed by atoms with Crippen molar-refractivity contribution in [1.29, 1.82) is 0 Å². The maximum Gasteiger partial charge on any atom is 0.230 e. The summed E-state index contributed by atoms with van der Waals surface area (Å²) < 4.78 is 13.0. The lowest BCUT2D eigenvalue weighted by Crippen LogP contribution is -2.37. The van der Waals surface area contributed by atoms with Crippen LogP contribution in [0.25, 0.3) is 0 Å². The predicted octanol–water partition coefficient (Wildman–Crippen LogP) is 1.30. The monoisotopic (exact) mass is 402 g/mol. The first kappa shape index (κ1) is 20.0. The highest BCUT2D eigenvalue weighted by Crippen LogP contribution is 2.42. The van der Waals surface area contributed by atoms with Gasteiger partial charge in [0.1, 0.15) is 5.76 Å². The van der Waals surface area contributed by atoms with E-state index < -0.39 is 0 Å². The van der Waals surface area contributed by atoms with Crippen LogP contribution in [-0.2, 0) is 22.5 Å². The van der Waals surface area contributed by atoms with Crippen molar-refractivity contribution in [2.75, 3.05) is 34.3 Å². The average Bonchev–Trinajstić information content (AvgIpc) is 3.39. The second-order valence-electron chi connectivity index (χ2n) is 8.67. The molecule has 9 nitrogen and oxygen atoms in total. The van der Waals surface area contributed by atoms with Crippen molar-refractivity contribution >= 4 is 5.91 Å². The highest BCUT2D eigenvalue weighted by Gasteiger charge is 2.44. The van der Waals surface area contributed by atoms with Gasteiger partial charge in [-0.05, 0) is 45.7 Å². The fraction of sp³-hybridized carbons (Fsp3) is 0.700. The van der Waals surface area contributed by atoms with Gasteiger partial charge in [0.2, 0.25) is 5.91 Å². The molecule has 1 aliphatic heterocycles. The summed E-state index contributed by atoms with van der Waals surface area (Å²) in [4.78, 5) is 16.8. The number of ether oxygens (including phenoxy) is 1.